The van der Waals surface area contributed by atoms with E-state index in [0.29, 0.717) is 17.3 Å². The molecule has 1 aromatic heterocycles. The number of hydrogen-bond acceptors (Lipinski definition) is 3. The molecule has 0 bridgehead atoms. The summed E-state index contributed by atoms with van der Waals surface area (Å²) in [5.41, 5.74) is 1.97. The zero-order valence-corrected chi connectivity index (χ0v) is 16.0. The van der Waals surface area contributed by atoms with Gasteiger partial charge in [-0.3, -0.25) is 4.79 Å². The van der Waals surface area contributed by atoms with Crippen LogP contribution >= 0.6 is 0 Å². The van der Waals surface area contributed by atoms with Crippen molar-refractivity contribution in [2.24, 2.45) is 0 Å². The molecule has 1 unspecified atom stereocenters. The number of ether oxygens (including phenoxy) is 1. The fourth-order valence-electron chi connectivity index (χ4n) is 3.47. The predicted molar refractivity (Wildman–Crippen MR) is 106 cm³/mol. The highest BCUT2D eigenvalue weighted by atomic mass is 19.4. The van der Waals surface area contributed by atoms with E-state index in [1.165, 1.54) is 12.1 Å². The minimum absolute atomic E-state index is 0.174. The van der Waals surface area contributed by atoms with Crippen molar-refractivity contribution in [3.8, 4) is 11.4 Å². The van der Waals surface area contributed by atoms with Gasteiger partial charge in [-0.25, -0.2) is 9.07 Å². The lowest BCUT2D eigenvalue weighted by Gasteiger charge is -2.14. The Morgan fingerprint density at radius 2 is 1.84 bits per heavy atom. The molecule has 1 heterocycles. The number of para-hydroxylation sites is 1. The molecule has 0 aliphatic heterocycles. The molecule has 0 fully saturated rings. The third kappa shape index (κ3) is 4.58. The van der Waals surface area contributed by atoms with Crippen molar-refractivity contribution in [1.82, 2.24) is 9.78 Å². The summed E-state index contributed by atoms with van der Waals surface area (Å²) >= 11 is 0. The first-order valence-electron chi connectivity index (χ1n) is 9.39. The van der Waals surface area contributed by atoms with Gasteiger partial charge in [0.15, 0.2) is 5.78 Å². The van der Waals surface area contributed by atoms with E-state index in [9.17, 15) is 22.4 Å². The Kier molecular flexibility index (Phi) is 5.46. The minimum atomic E-state index is -4.90. The first-order valence-corrected chi connectivity index (χ1v) is 9.39. The zero-order valence-electron chi connectivity index (χ0n) is 16.0. The smallest absolute Gasteiger partial charge is 0.406 e. The highest BCUT2D eigenvalue weighted by Crippen LogP contribution is 2.33. The molecular formula is C23H16F4N2O2. The molecule has 0 radical (unpaired) electrons. The SMILES string of the molecule is O=C1C=CC(c2ccc(OC(F)(F)F)cc2F)CC=C1c1ccnn1-c1ccccc1. The molecule has 0 N–H and O–H groups in total. The number of aromatic nitrogens is 2. The van der Waals surface area contributed by atoms with Crippen LogP contribution in [-0.2, 0) is 4.79 Å². The lowest BCUT2D eigenvalue weighted by molar-refractivity contribution is -0.274. The highest BCUT2D eigenvalue weighted by Gasteiger charge is 2.31. The number of halogens is 4. The number of ketones is 1. The van der Waals surface area contributed by atoms with Gasteiger partial charge in [0, 0.05) is 17.6 Å². The highest BCUT2D eigenvalue weighted by molar-refractivity contribution is 6.26. The third-order valence-electron chi connectivity index (χ3n) is 4.85. The van der Waals surface area contributed by atoms with E-state index in [-0.39, 0.29) is 17.8 Å². The lowest BCUT2D eigenvalue weighted by atomic mass is 9.95. The lowest BCUT2D eigenvalue weighted by Crippen LogP contribution is -2.17. The average Bonchev–Trinajstić information content (AvgIpc) is 3.12. The van der Waals surface area contributed by atoms with Crippen molar-refractivity contribution < 1.29 is 27.1 Å². The van der Waals surface area contributed by atoms with Crippen molar-refractivity contribution in [3.05, 3.63) is 96.1 Å². The van der Waals surface area contributed by atoms with Crippen LogP contribution in [0.1, 0.15) is 23.6 Å². The standard InChI is InChI=1S/C23H16F4N2O2/c24-20-14-17(31-23(25,26)27)8-10-18(20)15-6-9-19(22(30)11-7-15)21-12-13-28-29(21)16-4-2-1-3-5-16/h1-5,7-15H,6H2. The third-order valence-corrected chi connectivity index (χ3v) is 4.85. The summed E-state index contributed by atoms with van der Waals surface area (Å²) in [6, 6.07) is 14.0. The molecule has 0 saturated carbocycles. The Balaban J connectivity index is 1.62. The normalized spacial score (nSPS) is 16.7. The monoisotopic (exact) mass is 428 g/mol. The van der Waals surface area contributed by atoms with Crippen LogP contribution in [0.25, 0.3) is 11.3 Å². The number of carbonyl (C=O) groups is 1. The van der Waals surface area contributed by atoms with Gasteiger partial charge in [-0.15, -0.1) is 13.2 Å². The summed E-state index contributed by atoms with van der Waals surface area (Å²) in [7, 11) is 0. The van der Waals surface area contributed by atoms with Crippen LogP contribution in [0.5, 0.6) is 5.75 Å². The van der Waals surface area contributed by atoms with Crippen LogP contribution in [-0.4, -0.2) is 21.9 Å². The number of benzene rings is 2. The maximum Gasteiger partial charge on any atom is 0.573 e. The molecule has 2 aromatic carbocycles. The maximum atomic E-state index is 14.5. The Morgan fingerprint density at radius 3 is 2.55 bits per heavy atom. The fraction of sp³-hybridized carbons (Fsp3) is 0.130. The molecule has 158 valence electrons. The van der Waals surface area contributed by atoms with Crippen molar-refractivity contribution in [3.63, 3.8) is 0 Å². The molecule has 1 aliphatic carbocycles. The van der Waals surface area contributed by atoms with Gasteiger partial charge in [-0.1, -0.05) is 36.4 Å². The molecule has 0 spiro atoms. The Labute approximate surface area is 175 Å². The van der Waals surface area contributed by atoms with E-state index >= 15 is 0 Å². The summed E-state index contributed by atoms with van der Waals surface area (Å²) in [4.78, 5) is 12.7. The second kappa shape index (κ2) is 8.22. The summed E-state index contributed by atoms with van der Waals surface area (Å²) in [6.45, 7) is 0. The van der Waals surface area contributed by atoms with Crippen LogP contribution in [0.4, 0.5) is 17.6 Å². The Bertz CT molecular complexity index is 1160. The van der Waals surface area contributed by atoms with E-state index in [1.54, 1.807) is 29.1 Å². The van der Waals surface area contributed by atoms with Gasteiger partial charge in [0.2, 0.25) is 0 Å². The number of alkyl halides is 3. The van der Waals surface area contributed by atoms with Crippen LogP contribution in [0.15, 0.2) is 79.0 Å². The fourth-order valence-corrected chi connectivity index (χ4v) is 3.47. The maximum absolute atomic E-state index is 14.5. The van der Waals surface area contributed by atoms with Crippen molar-refractivity contribution in [2.75, 3.05) is 0 Å². The number of rotatable bonds is 4. The minimum Gasteiger partial charge on any atom is -0.406 e. The second-order valence-corrected chi connectivity index (χ2v) is 6.88. The molecule has 31 heavy (non-hydrogen) atoms. The molecule has 4 rings (SSSR count). The van der Waals surface area contributed by atoms with Gasteiger partial charge in [0.25, 0.3) is 0 Å². The van der Waals surface area contributed by atoms with Gasteiger partial charge >= 0.3 is 6.36 Å². The number of allylic oxidation sites excluding steroid dienone is 4. The molecule has 4 nitrogen and oxygen atoms in total. The quantitative estimate of drug-likeness (QED) is 0.508. The van der Waals surface area contributed by atoms with Crippen molar-refractivity contribution in [1.29, 1.82) is 0 Å². The first-order chi connectivity index (χ1) is 14.8. The van der Waals surface area contributed by atoms with Crippen molar-refractivity contribution >= 4 is 11.4 Å². The predicted octanol–water partition coefficient (Wildman–Crippen LogP) is 5.61. The van der Waals surface area contributed by atoms with E-state index in [4.69, 9.17) is 0 Å². The molecular weight excluding hydrogens is 412 g/mol. The molecule has 0 saturated heterocycles. The van der Waals surface area contributed by atoms with Crippen molar-refractivity contribution in [2.45, 2.75) is 18.7 Å². The van der Waals surface area contributed by atoms with Gasteiger partial charge in [-0.2, -0.15) is 5.10 Å². The summed E-state index contributed by atoms with van der Waals surface area (Å²) in [5, 5.41) is 4.29. The summed E-state index contributed by atoms with van der Waals surface area (Å²) in [6.07, 6.45) is 1.57. The Morgan fingerprint density at radius 1 is 1.06 bits per heavy atom. The average molecular weight is 428 g/mol. The molecule has 0 amide bonds. The number of hydrogen-bond donors (Lipinski definition) is 0. The summed E-state index contributed by atoms with van der Waals surface area (Å²) in [5.74, 6) is -2.26. The van der Waals surface area contributed by atoms with E-state index in [2.05, 4.69) is 9.84 Å². The van der Waals surface area contributed by atoms with Crippen LogP contribution in [0.2, 0.25) is 0 Å². The number of carbonyl (C=O) groups excluding carboxylic acids is 1. The van der Waals surface area contributed by atoms with Crippen LogP contribution in [0, 0.1) is 5.82 Å². The van der Waals surface area contributed by atoms with Gasteiger partial charge in [0.1, 0.15) is 11.6 Å². The summed E-state index contributed by atoms with van der Waals surface area (Å²) < 4.78 is 56.9. The van der Waals surface area contributed by atoms with Crippen LogP contribution in [0.3, 0.4) is 0 Å². The molecule has 1 atom stereocenters. The number of nitrogens with zero attached hydrogens (tertiary/aromatic N) is 2. The van der Waals surface area contributed by atoms with Crippen LogP contribution < -0.4 is 4.74 Å². The van der Waals surface area contributed by atoms with Gasteiger partial charge < -0.3 is 4.74 Å². The largest absolute Gasteiger partial charge is 0.573 e. The first kappa shape index (κ1) is 20.6. The van der Waals surface area contributed by atoms with Gasteiger partial charge in [0.05, 0.1) is 17.6 Å². The molecule has 1 aliphatic rings. The van der Waals surface area contributed by atoms with Gasteiger partial charge in [-0.05, 0) is 42.3 Å². The second-order valence-electron chi connectivity index (χ2n) is 6.88. The van der Waals surface area contributed by atoms with E-state index in [0.717, 1.165) is 11.8 Å². The van der Waals surface area contributed by atoms with E-state index < -0.39 is 23.8 Å². The Hall–Kier alpha value is -3.68. The van der Waals surface area contributed by atoms with E-state index in [1.807, 2.05) is 30.3 Å². The molecule has 3 aromatic rings. The molecule has 8 heteroatoms. The zero-order chi connectivity index (χ0) is 22.0. The topological polar surface area (TPSA) is 44.1 Å².